The molecule has 3 aromatic heterocycles. The van der Waals surface area contributed by atoms with E-state index < -0.39 is 0 Å². The number of piperidine rings is 1. The van der Waals surface area contributed by atoms with Crippen molar-refractivity contribution < 1.29 is 19.4 Å². The molecule has 6 rings (SSSR count). The Morgan fingerprint density at radius 2 is 1.88 bits per heavy atom. The summed E-state index contributed by atoms with van der Waals surface area (Å²) in [6.07, 6.45) is 3.57. The molecule has 12 heteroatoms. The van der Waals surface area contributed by atoms with Gasteiger partial charge < -0.3 is 30.8 Å². The zero-order valence-corrected chi connectivity index (χ0v) is 21.9. The lowest BCUT2D eigenvalue weighted by Crippen LogP contribution is -2.48. The van der Waals surface area contributed by atoms with Gasteiger partial charge >= 0.3 is 0 Å². The molecule has 206 valence electrons. The first-order chi connectivity index (χ1) is 19.5. The molecule has 4 N–H and O–H groups in total. The molecule has 0 spiro atoms. The number of nitrogens with two attached hydrogens (primary N) is 1. The van der Waals surface area contributed by atoms with Gasteiger partial charge in [0.15, 0.2) is 17.8 Å². The minimum atomic E-state index is -0.282. The number of carbonyl (C=O) groups excluding carboxylic acids is 2. The number of anilines is 2. The van der Waals surface area contributed by atoms with Crippen molar-refractivity contribution in [2.24, 2.45) is 0 Å². The van der Waals surface area contributed by atoms with Crippen molar-refractivity contribution in [3.8, 4) is 17.1 Å². The SMILES string of the molecule is Nc1ncccc1-c1nc2ccc(N3CCOCC3)nc2n1N1CCC(NC(=O)c2ccc(O)c(C=O)c2)CC1. The Morgan fingerprint density at radius 3 is 2.62 bits per heavy atom. The number of nitrogens with zero attached hydrogens (tertiary/aromatic N) is 6. The van der Waals surface area contributed by atoms with Gasteiger partial charge in [-0.2, -0.15) is 0 Å². The lowest BCUT2D eigenvalue weighted by molar-refractivity contribution is 0.0929. The second kappa shape index (κ2) is 10.8. The zero-order chi connectivity index (χ0) is 27.6. The van der Waals surface area contributed by atoms with Crippen molar-refractivity contribution >= 4 is 35.0 Å². The van der Waals surface area contributed by atoms with Crippen LogP contribution in [0.1, 0.15) is 33.6 Å². The van der Waals surface area contributed by atoms with Gasteiger partial charge in [-0.1, -0.05) is 0 Å². The van der Waals surface area contributed by atoms with E-state index in [1.165, 1.54) is 18.2 Å². The molecule has 4 aromatic rings. The highest BCUT2D eigenvalue weighted by Gasteiger charge is 2.27. The molecule has 5 heterocycles. The Morgan fingerprint density at radius 1 is 1.07 bits per heavy atom. The van der Waals surface area contributed by atoms with Gasteiger partial charge in [-0.25, -0.2) is 19.6 Å². The standard InChI is InChI=1S/C28H30N8O4/c29-25-21(2-1-9-30-25)26-32-22-4-6-24(34-12-14-40-15-13-34)33-27(22)36(26)35-10-7-20(8-11-35)31-28(39)18-3-5-23(38)19(16-18)17-37/h1-6,9,16-17,20,38H,7-8,10-15H2,(H2,29,30)(H,31,39). The lowest BCUT2D eigenvalue weighted by atomic mass is 10.0. The second-order valence-electron chi connectivity index (χ2n) is 9.89. The number of aromatic nitrogens is 4. The van der Waals surface area contributed by atoms with E-state index in [1.807, 2.05) is 28.9 Å². The summed E-state index contributed by atoms with van der Waals surface area (Å²) in [4.78, 5) is 40.4. The van der Waals surface area contributed by atoms with Crippen molar-refractivity contribution in [1.29, 1.82) is 0 Å². The maximum Gasteiger partial charge on any atom is 0.251 e. The Labute approximate surface area is 230 Å². The summed E-state index contributed by atoms with van der Waals surface area (Å²) in [5, 5.41) is 15.0. The van der Waals surface area contributed by atoms with Gasteiger partial charge in [-0.3, -0.25) is 9.59 Å². The van der Waals surface area contributed by atoms with Gasteiger partial charge in [0.05, 0.1) is 24.3 Å². The molecule has 0 bridgehead atoms. The van der Waals surface area contributed by atoms with Crippen molar-refractivity contribution in [2.45, 2.75) is 18.9 Å². The molecule has 2 saturated heterocycles. The molecule has 2 aliphatic heterocycles. The normalized spacial score (nSPS) is 16.3. The first kappa shape index (κ1) is 25.6. The first-order valence-corrected chi connectivity index (χ1v) is 13.3. The smallest absolute Gasteiger partial charge is 0.251 e. The average molecular weight is 543 g/mol. The number of nitrogens with one attached hydrogen (secondary N) is 1. The number of fused-ring (bicyclic) bond motifs is 1. The van der Waals surface area contributed by atoms with Crippen molar-refractivity contribution in [1.82, 2.24) is 24.9 Å². The summed E-state index contributed by atoms with van der Waals surface area (Å²) in [6, 6.07) is 11.9. The van der Waals surface area contributed by atoms with Crippen molar-refractivity contribution in [3.63, 3.8) is 0 Å². The van der Waals surface area contributed by atoms with Crippen LogP contribution in [0.25, 0.3) is 22.6 Å². The Kier molecular flexibility index (Phi) is 6.91. The first-order valence-electron chi connectivity index (χ1n) is 13.3. The van der Waals surface area contributed by atoms with Crippen LogP contribution in [0.2, 0.25) is 0 Å². The van der Waals surface area contributed by atoms with Crippen LogP contribution in [0.3, 0.4) is 0 Å². The van der Waals surface area contributed by atoms with E-state index in [9.17, 15) is 14.7 Å². The number of nitrogen functional groups attached to an aromatic ring is 1. The Hall–Kier alpha value is -4.71. The summed E-state index contributed by atoms with van der Waals surface area (Å²) in [5.41, 5.74) is 8.90. The minimum absolute atomic E-state index is 0.0594. The molecule has 1 amide bonds. The molecular weight excluding hydrogens is 512 g/mol. The number of aldehydes is 1. The molecule has 0 saturated carbocycles. The average Bonchev–Trinajstić information content (AvgIpc) is 3.37. The van der Waals surface area contributed by atoms with Gasteiger partial charge in [-0.15, -0.1) is 0 Å². The quantitative estimate of drug-likeness (QED) is 0.308. The lowest BCUT2D eigenvalue weighted by Gasteiger charge is -2.35. The number of pyridine rings is 2. The van der Waals surface area contributed by atoms with E-state index in [0.717, 1.165) is 35.6 Å². The van der Waals surface area contributed by atoms with E-state index in [1.54, 1.807) is 6.20 Å². The van der Waals surface area contributed by atoms with Crippen LogP contribution in [0.5, 0.6) is 5.75 Å². The van der Waals surface area contributed by atoms with E-state index in [-0.39, 0.29) is 23.3 Å². The molecule has 0 aliphatic carbocycles. The molecule has 1 aromatic carbocycles. The molecule has 0 unspecified atom stereocenters. The summed E-state index contributed by atoms with van der Waals surface area (Å²) < 4.78 is 7.54. The van der Waals surface area contributed by atoms with E-state index in [2.05, 4.69) is 20.2 Å². The maximum absolute atomic E-state index is 12.9. The van der Waals surface area contributed by atoms with E-state index in [4.69, 9.17) is 20.4 Å². The minimum Gasteiger partial charge on any atom is -0.507 e. The van der Waals surface area contributed by atoms with Crippen LogP contribution < -0.4 is 21.0 Å². The maximum atomic E-state index is 12.9. The molecule has 0 radical (unpaired) electrons. The number of hydrogen-bond donors (Lipinski definition) is 3. The summed E-state index contributed by atoms with van der Waals surface area (Å²) >= 11 is 0. The summed E-state index contributed by atoms with van der Waals surface area (Å²) in [6.45, 7) is 4.15. The van der Waals surface area contributed by atoms with Gasteiger partial charge in [0.1, 0.15) is 22.9 Å². The van der Waals surface area contributed by atoms with Gasteiger partial charge in [0.2, 0.25) is 0 Å². The number of hydrogen-bond acceptors (Lipinski definition) is 10. The van der Waals surface area contributed by atoms with Crippen LogP contribution >= 0.6 is 0 Å². The number of carbonyl (C=O) groups is 2. The number of aromatic hydroxyl groups is 1. The third-order valence-electron chi connectivity index (χ3n) is 7.39. The highest BCUT2D eigenvalue weighted by Crippen LogP contribution is 2.30. The molecule has 12 nitrogen and oxygen atoms in total. The predicted octanol–water partition coefficient (Wildman–Crippen LogP) is 1.96. The van der Waals surface area contributed by atoms with Crippen LogP contribution in [0.15, 0.2) is 48.7 Å². The number of imidazole rings is 1. The third-order valence-corrected chi connectivity index (χ3v) is 7.39. The third kappa shape index (κ3) is 4.89. The molecule has 40 heavy (non-hydrogen) atoms. The number of morpholine rings is 1. The number of benzene rings is 1. The highest BCUT2D eigenvalue weighted by atomic mass is 16.5. The molecular formula is C28H30N8O4. The van der Waals surface area contributed by atoms with E-state index >= 15 is 0 Å². The number of rotatable bonds is 6. The fourth-order valence-corrected chi connectivity index (χ4v) is 5.22. The van der Waals surface area contributed by atoms with Gasteiger partial charge in [0, 0.05) is 44.0 Å². The van der Waals surface area contributed by atoms with Crippen LogP contribution in [0, 0.1) is 0 Å². The largest absolute Gasteiger partial charge is 0.507 e. The monoisotopic (exact) mass is 542 g/mol. The number of ether oxygens (including phenoxy) is 1. The number of phenols is 1. The zero-order valence-electron chi connectivity index (χ0n) is 21.9. The molecule has 2 aliphatic rings. The Balaban J connectivity index is 1.27. The fourth-order valence-electron chi connectivity index (χ4n) is 5.22. The van der Waals surface area contributed by atoms with Crippen LogP contribution in [0.4, 0.5) is 11.6 Å². The van der Waals surface area contributed by atoms with Crippen LogP contribution in [-0.4, -0.2) is 82.4 Å². The predicted molar refractivity (Wildman–Crippen MR) is 150 cm³/mol. The van der Waals surface area contributed by atoms with Crippen molar-refractivity contribution in [3.05, 3.63) is 59.8 Å². The van der Waals surface area contributed by atoms with Gasteiger partial charge in [-0.05, 0) is 55.3 Å². The Bertz CT molecular complexity index is 1560. The van der Waals surface area contributed by atoms with Gasteiger partial charge in [0.25, 0.3) is 5.91 Å². The molecule has 0 atom stereocenters. The number of phenolic OH excluding ortho intramolecular Hbond substituents is 1. The van der Waals surface area contributed by atoms with Crippen LogP contribution in [-0.2, 0) is 4.74 Å². The topological polar surface area (TPSA) is 152 Å². The molecule has 2 fully saturated rings. The summed E-state index contributed by atoms with van der Waals surface area (Å²) in [5.74, 6) is 1.49. The second-order valence-corrected chi connectivity index (χ2v) is 9.89. The number of amides is 1. The fraction of sp³-hybridized carbons (Fsp3) is 0.321. The summed E-state index contributed by atoms with van der Waals surface area (Å²) in [7, 11) is 0. The van der Waals surface area contributed by atoms with E-state index in [0.29, 0.717) is 62.6 Å². The van der Waals surface area contributed by atoms with Crippen molar-refractivity contribution in [2.75, 3.05) is 55.0 Å². The highest BCUT2D eigenvalue weighted by molar-refractivity contribution is 5.96.